The molecule has 0 heterocycles. The van der Waals surface area contributed by atoms with Crippen molar-refractivity contribution >= 4 is 0 Å². The third-order valence-corrected chi connectivity index (χ3v) is 9.98. The van der Waals surface area contributed by atoms with Crippen LogP contribution >= 0.6 is 0 Å². The molecule has 0 spiro atoms. The maximum atomic E-state index is 11.7. The van der Waals surface area contributed by atoms with Gasteiger partial charge in [0.25, 0.3) is 0 Å². The number of benzene rings is 1. The van der Waals surface area contributed by atoms with Gasteiger partial charge in [-0.25, -0.2) is 0 Å². The molecule has 0 bridgehead atoms. The predicted molar refractivity (Wildman–Crippen MR) is 116 cm³/mol. The fourth-order valence-electron chi connectivity index (χ4n) is 8.15. The van der Waals surface area contributed by atoms with E-state index in [0.29, 0.717) is 17.3 Å². The molecular weight excluding hydrogens is 356 g/mol. The molecule has 5 rings (SSSR count). The highest BCUT2D eigenvalue weighted by Gasteiger charge is 2.64. The third-order valence-electron chi connectivity index (χ3n) is 9.98. The van der Waals surface area contributed by atoms with E-state index in [1.54, 1.807) is 0 Å². The zero-order valence-corrected chi connectivity index (χ0v) is 18.0. The van der Waals surface area contributed by atoms with Gasteiger partial charge in [-0.3, -0.25) is 0 Å². The molecule has 2 heteroatoms. The molecule has 2 N–H and O–H groups in total. The first-order valence-corrected chi connectivity index (χ1v) is 11.8. The Labute approximate surface area is 176 Å². The largest absolute Gasteiger partial charge is 0.393 e. The Morgan fingerprint density at radius 1 is 0.897 bits per heavy atom. The third kappa shape index (κ3) is 2.92. The quantitative estimate of drug-likeness (QED) is 0.598. The summed E-state index contributed by atoms with van der Waals surface area (Å²) in [6.07, 6.45) is 9.86. The molecule has 29 heavy (non-hydrogen) atoms. The maximum Gasteiger partial charge on any atom is 0.131 e. The van der Waals surface area contributed by atoms with Crippen molar-refractivity contribution in [3.05, 3.63) is 35.9 Å². The van der Waals surface area contributed by atoms with E-state index in [1.165, 1.54) is 25.7 Å². The number of hydrogen-bond acceptors (Lipinski definition) is 2. The summed E-state index contributed by atoms with van der Waals surface area (Å²) < 4.78 is 0. The summed E-state index contributed by atoms with van der Waals surface area (Å²) >= 11 is 0. The van der Waals surface area contributed by atoms with Crippen LogP contribution in [-0.4, -0.2) is 21.9 Å². The van der Waals surface area contributed by atoms with Crippen LogP contribution in [0.25, 0.3) is 0 Å². The second-order valence-electron chi connectivity index (χ2n) is 11.1. The van der Waals surface area contributed by atoms with Crippen LogP contribution in [0, 0.1) is 46.3 Å². The first-order chi connectivity index (χ1) is 13.9. The minimum absolute atomic E-state index is 0.0803. The maximum absolute atomic E-state index is 11.7. The van der Waals surface area contributed by atoms with Crippen LogP contribution < -0.4 is 0 Å². The van der Waals surface area contributed by atoms with Gasteiger partial charge in [-0.1, -0.05) is 43.9 Å². The van der Waals surface area contributed by atoms with Crippen LogP contribution in [0.2, 0.25) is 0 Å². The van der Waals surface area contributed by atoms with Crippen molar-refractivity contribution in [3.8, 4) is 11.8 Å². The molecule has 4 fully saturated rings. The zero-order chi connectivity index (χ0) is 20.3. The van der Waals surface area contributed by atoms with Gasteiger partial charge in [0.05, 0.1) is 6.10 Å². The molecular formula is C27H36O2. The lowest BCUT2D eigenvalue weighted by Crippen LogP contribution is -2.56. The first-order valence-electron chi connectivity index (χ1n) is 11.8. The summed E-state index contributed by atoms with van der Waals surface area (Å²) in [5, 5.41) is 21.9. The second-order valence-corrected chi connectivity index (χ2v) is 11.1. The Morgan fingerprint density at radius 3 is 2.45 bits per heavy atom. The van der Waals surface area contributed by atoms with Gasteiger partial charge >= 0.3 is 0 Å². The summed E-state index contributed by atoms with van der Waals surface area (Å²) in [4.78, 5) is 0. The van der Waals surface area contributed by atoms with Gasteiger partial charge in [-0.2, -0.15) is 0 Å². The topological polar surface area (TPSA) is 40.5 Å². The van der Waals surface area contributed by atoms with Gasteiger partial charge in [-0.15, -0.1) is 0 Å². The van der Waals surface area contributed by atoms with Gasteiger partial charge in [0, 0.05) is 11.0 Å². The molecule has 0 radical (unpaired) electrons. The average molecular weight is 393 g/mol. The lowest BCUT2D eigenvalue weighted by atomic mass is 9.44. The highest BCUT2D eigenvalue weighted by atomic mass is 16.3. The van der Waals surface area contributed by atoms with E-state index >= 15 is 0 Å². The lowest BCUT2D eigenvalue weighted by Gasteiger charge is -2.61. The minimum Gasteiger partial charge on any atom is -0.393 e. The molecule has 0 saturated heterocycles. The smallest absolute Gasteiger partial charge is 0.131 e. The van der Waals surface area contributed by atoms with Gasteiger partial charge in [-0.05, 0) is 99.0 Å². The highest BCUT2D eigenvalue weighted by Crippen LogP contribution is 2.68. The normalized spacial score (nSPS) is 48.6. The van der Waals surface area contributed by atoms with Crippen molar-refractivity contribution < 1.29 is 10.2 Å². The van der Waals surface area contributed by atoms with E-state index in [1.807, 2.05) is 30.3 Å². The number of aliphatic hydroxyl groups excluding tert-OH is 1. The summed E-state index contributed by atoms with van der Waals surface area (Å²) in [6.45, 7) is 4.86. The minimum atomic E-state index is -0.862. The molecule has 0 unspecified atom stereocenters. The van der Waals surface area contributed by atoms with Crippen LogP contribution in [0.1, 0.15) is 77.2 Å². The molecule has 1 aromatic carbocycles. The SMILES string of the molecule is C[C@]12CC[C@@H](O)C[C@@H]1CC[C@@H]1[C@H]3CC[C@](O)(C#Cc4ccccc4)[C@@]3(C)CC[C@@H]12. The Kier molecular flexibility index (Phi) is 4.65. The molecule has 8 atom stereocenters. The predicted octanol–water partition coefficient (Wildman–Crippen LogP) is 5.17. The molecule has 1 aromatic rings. The Morgan fingerprint density at radius 2 is 1.66 bits per heavy atom. The van der Waals surface area contributed by atoms with Crippen molar-refractivity contribution in [1.29, 1.82) is 0 Å². The van der Waals surface area contributed by atoms with Crippen molar-refractivity contribution in [2.24, 2.45) is 34.5 Å². The standard InChI is InChI=1S/C27H36O2/c1-25-14-11-21(28)18-20(25)8-9-22-23(25)12-15-26(2)24(22)13-17-27(26,29)16-10-19-6-4-3-5-7-19/h3-7,20-24,28-29H,8-9,11-15,17-18H2,1-2H3/t20-,21+,22-,23-,24+,25-,26-,27+/m0/s1. The Hall–Kier alpha value is -1.30. The molecule has 156 valence electrons. The van der Waals surface area contributed by atoms with Crippen LogP contribution in [0.15, 0.2) is 30.3 Å². The van der Waals surface area contributed by atoms with Gasteiger partial charge in [0.1, 0.15) is 5.60 Å². The van der Waals surface area contributed by atoms with Crippen LogP contribution in [0.4, 0.5) is 0 Å². The number of hydrogen-bond donors (Lipinski definition) is 2. The van der Waals surface area contributed by atoms with Crippen molar-refractivity contribution in [3.63, 3.8) is 0 Å². The highest BCUT2D eigenvalue weighted by molar-refractivity contribution is 5.38. The molecule has 4 saturated carbocycles. The number of aliphatic hydroxyl groups is 2. The average Bonchev–Trinajstić information content (AvgIpc) is 2.99. The number of rotatable bonds is 0. The molecule has 0 amide bonds. The van der Waals surface area contributed by atoms with E-state index in [0.717, 1.165) is 49.5 Å². The summed E-state index contributed by atoms with van der Waals surface area (Å²) in [5.74, 6) is 9.40. The monoisotopic (exact) mass is 392 g/mol. The fraction of sp³-hybridized carbons (Fsp3) is 0.704. The van der Waals surface area contributed by atoms with Crippen LogP contribution in [-0.2, 0) is 0 Å². The first kappa shape index (κ1) is 19.7. The molecule has 4 aliphatic rings. The molecule has 0 aromatic heterocycles. The zero-order valence-electron chi connectivity index (χ0n) is 18.0. The van der Waals surface area contributed by atoms with E-state index < -0.39 is 5.60 Å². The van der Waals surface area contributed by atoms with Crippen molar-refractivity contribution in [2.75, 3.05) is 0 Å². The van der Waals surface area contributed by atoms with Gasteiger partial charge in [0.15, 0.2) is 0 Å². The number of fused-ring (bicyclic) bond motifs is 5. The van der Waals surface area contributed by atoms with E-state index in [-0.39, 0.29) is 11.5 Å². The van der Waals surface area contributed by atoms with E-state index in [2.05, 4.69) is 25.7 Å². The summed E-state index contributed by atoms with van der Waals surface area (Å²) in [6, 6.07) is 10.1. The summed E-state index contributed by atoms with van der Waals surface area (Å²) in [7, 11) is 0. The van der Waals surface area contributed by atoms with Gasteiger partial charge < -0.3 is 10.2 Å². The summed E-state index contributed by atoms with van der Waals surface area (Å²) in [5.41, 5.74) is 0.433. The Bertz CT molecular complexity index is 822. The van der Waals surface area contributed by atoms with E-state index in [9.17, 15) is 10.2 Å². The lowest BCUT2D eigenvalue weighted by molar-refractivity contribution is -0.144. The van der Waals surface area contributed by atoms with Crippen LogP contribution in [0.5, 0.6) is 0 Å². The molecule has 4 aliphatic carbocycles. The molecule has 2 nitrogen and oxygen atoms in total. The van der Waals surface area contributed by atoms with Crippen LogP contribution in [0.3, 0.4) is 0 Å². The van der Waals surface area contributed by atoms with E-state index in [4.69, 9.17) is 0 Å². The second kappa shape index (κ2) is 6.86. The fourth-order valence-corrected chi connectivity index (χ4v) is 8.15. The van der Waals surface area contributed by atoms with Gasteiger partial charge in [0.2, 0.25) is 0 Å². The molecule has 0 aliphatic heterocycles. The Balaban J connectivity index is 1.42. The van der Waals surface area contributed by atoms with Crippen molar-refractivity contribution in [2.45, 2.75) is 83.3 Å². The van der Waals surface area contributed by atoms with Crippen molar-refractivity contribution in [1.82, 2.24) is 0 Å².